The Morgan fingerprint density at radius 2 is 1.83 bits per heavy atom. The molecule has 1 N–H and O–H groups in total. The van der Waals surface area contributed by atoms with Crippen LogP contribution in [-0.2, 0) is 0 Å². The molecule has 0 unspecified atom stereocenters. The predicted molar refractivity (Wildman–Crippen MR) is 81.8 cm³/mol. The molecule has 0 fully saturated rings. The molecule has 0 spiro atoms. The predicted octanol–water partition coefficient (Wildman–Crippen LogP) is 3.47. The number of nitrogens with zero attached hydrogens (tertiary/aromatic N) is 1. The summed E-state index contributed by atoms with van der Waals surface area (Å²) in [6.45, 7) is 6.16. The van der Waals surface area contributed by atoms with Crippen molar-refractivity contribution in [1.82, 2.24) is 9.97 Å². The molecule has 0 saturated heterocycles. The fourth-order valence-corrected chi connectivity index (χ4v) is 1.99. The van der Waals surface area contributed by atoms with Crippen molar-refractivity contribution in [3.63, 3.8) is 0 Å². The highest BCUT2D eigenvalue weighted by Gasteiger charge is 2.07. The van der Waals surface area contributed by atoms with Gasteiger partial charge in [-0.2, -0.15) is 0 Å². The van der Waals surface area contributed by atoms with Crippen molar-refractivity contribution >= 4 is 22.6 Å². The third-order valence-electron chi connectivity index (χ3n) is 2.88. The first-order chi connectivity index (χ1) is 8.49. The van der Waals surface area contributed by atoms with Crippen LogP contribution in [0.1, 0.15) is 31.0 Å². The van der Waals surface area contributed by atoms with Crippen LogP contribution in [0.2, 0.25) is 0 Å². The van der Waals surface area contributed by atoms with Gasteiger partial charge in [-0.3, -0.25) is 4.79 Å². The molecule has 94 valence electrons. The van der Waals surface area contributed by atoms with Crippen molar-refractivity contribution in [1.29, 1.82) is 0 Å². The Kier molecular flexibility index (Phi) is 3.85. The number of H-pyrrole nitrogens is 1. The van der Waals surface area contributed by atoms with Gasteiger partial charge in [-0.05, 0) is 41.0 Å². The van der Waals surface area contributed by atoms with E-state index in [0.717, 1.165) is 11.3 Å². The fourth-order valence-electron chi connectivity index (χ4n) is 1.73. The smallest absolute Gasteiger partial charge is 0.264 e. The van der Waals surface area contributed by atoms with E-state index in [4.69, 9.17) is 0 Å². The van der Waals surface area contributed by atoms with Crippen molar-refractivity contribution < 1.29 is 0 Å². The molecule has 2 rings (SSSR count). The Morgan fingerprint density at radius 3 is 2.33 bits per heavy atom. The summed E-state index contributed by atoms with van der Waals surface area (Å²) >= 11 is 2.01. The van der Waals surface area contributed by atoms with Crippen LogP contribution in [0.25, 0.3) is 11.4 Å². The van der Waals surface area contributed by atoms with E-state index < -0.39 is 0 Å². The summed E-state index contributed by atoms with van der Waals surface area (Å²) in [6, 6.07) is 8.15. The van der Waals surface area contributed by atoms with Crippen LogP contribution >= 0.6 is 22.6 Å². The van der Waals surface area contributed by atoms with Crippen LogP contribution in [0.15, 0.2) is 29.1 Å². The quantitative estimate of drug-likeness (QED) is 0.840. The molecule has 4 heteroatoms. The minimum atomic E-state index is -0.0777. The Bertz CT molecular complexity index is 615. The van der Waals surface area contributed by atoms with E-state index in [2.05, 4.69) is 35.9 Å². The second-order valence-electron chi connectivity index (χ2n) is 4.59. The van der Waals surface area contributed by atoms with Crippen LogP contribution in [-0.4, -0.2) is 9.97 Å². The largest absolute Gasteiger partial charge is 0.306 e. The van der Waals surface area contributed by atoms with Gasteiger partial charge in [0, 0.05) is 5.56 Å². The molecule has 0 aliphatic rings. The SMILES string of the molecule is Cc1nc(-c2ccc(C(C)C)cc2)[nH]c(=O)c1I. The normalized spacial score (nSPS) is 10.9. The fraction of sp³-hybridized carbons (Fsp3) is 0.286. The minimum absolute atomic E-state index is 0.0777. The van der Waals surface area contributed by atoms with Gasteiger partial charge < -0.3 is 4.98 Å². The van der Waals surface area contributed by atoms with Crippen molar-refractivity contribution in [2.24, 2.45) is 0 Å². The van der Waals surface area contributed by atoms with Gasteiger partial charge in [0.25, 0.3) is 5.56 Å². The first kappa shape index (κ1) is 13.3. The maximum atomic E-state index is 11.7. The van der Waals surface area contributed by atoms with Crippen molar-refractivity contribution in [2.75, 3.05) is 0 Å². The Labute approximate surface area is 120 Å². The zero-order valence-corrected chi connectivity index (χ0v) is 12.8. The van der Waals surface area contributed by atoms with Crippen LogP contribution in [0.4, 0.5) is 0 Å². The maximum Gasteiger partial charge on any atom is 0.264 e. The first-order valence-electron chi connectivity index (χ1n) is 5.86. The lowest BCUT2D eigenvalue weighted by molar-refractivity contribution is 0.866. The van der Waals surface area contributed by atoms with Crippen LogP contribution in [0.5, 0.6) is 0 Å². The van der Waals surface area contributed by atoms with Crippen molar-refractivity contribution in [2.45, 2.75) is 26.7 Å². The zero-order chi connectivity index (χ0) is 13.3. The number of benzene rings is 1. The number of aromatic nitrogens is 2. The van der Waals surface area contributed by atoms with E-state index in [9.17, 15) is 4.79 Å². The van der Waals surface area contributed by atoms with Gasteiger partial charge in [0.2, 0.25) is 0 Å². The third kappa shape index (κ3) is 2.63. The standard InChI is InChI=1S/C14H15IN2O/c1-8(2)10-4-6-11(7-5-10)13-16-9(3)12(15)14(18)17-13/h4-8H,1-3H3,(H,16,17,18). The average Bonchev–Trinajstić information content (AvgIpc) is 2.35. The second-order valence-corrected chi connectivity index (χ2v) is 5.67. The molecular weight excluding hydrogens is 339 g/mol. The molecule has 0 aliphatic heterocycles. The summed E-state index contributed by atoms with van der Waals surface area (Å²) in [5.74, 6) is 1.14. The zero-order valence-electron chi connectivity index (χ0n) is 10.6. The molecule has 1 aromatic heterocycles. The summed E-state index contributed by atoms with van der Waals surface area (Å²) < 4.78 is 0.648. The molecule has 0 aliphatic carbocycles. The molecule has 0 amide bonds. The van der Waals surface area contributed by atoms with E-state index in [1.165, 1.54) is 5.56 Å². The van der Waals surface area contributed by atoms with Gasteiger partial charge in [-0.1, -0.05) is 38.1 Å². The number of hydrogen-bond donors (Lipinski definition) is 1. The van der Waals surface area contributed by atoms with E-state index in [1.54, 1.807) is 0 Å². The highest BCUT2D eigenvalue weighted by Crippen LogP contribution is 2.20. The lowest BCUT2D eigenvalue weighted by Crippen LogP contribution is -2.14. The summed E-state index contributed by atoms with van der Waals surface area (Å²) in [4.78, 5) is 18.9. The number of hydrogen-bond acceptors (Lipinski definition) is 2. The molecule has 0 saturated carbocycles. The molecule has 2 aromatic rings. The van der Waals surface area contributed by atoms with Crippen LogP contribution < -0.4 is 5.56 Å². The number of nitrogens with one attached hydrogen (secondary N) is 1. The third-order valence-corrected chi connectivity index (χ3v) is 4.15. The first-order valence-corrected chi connectivity index (χ1v) is 6.93. The molecule has 0 atom stereocenters. The molecule has 1 heterocycles. The summed E-state index contributed by atoms with van der Waals surface area (Å²) in [6.07, 6.45) is 0. The van der Waals surface area contributed by atoms with Crippen LogP contribution in [0.3, 0.4) is 0 Å². The maximum absolute atomic E-state index is 11.7. The summed E-state index contributed by atoms with van der Waals surface area (Å²) in [5.41, 5.74) is 2.91. The minimum Gasteiger partial charge on any atom is -0.306 e. The molecule has 18 heavy (non-hydrogen) atoms. The van der Waals surface area contributed by atoms with E-state index >= 15 is 0 Å². The molecule has 0 bridgehead atoms. The van der Waals surface area contributed by atoms with Gasteiger partial charge in [0.05, 0.1) is 9.26 Å². The van der Waals surface area contributed by atoms with E-state index in [-0.39, 0.29) is 5.56 Å². The molecule has 3 nitrogen and oxygen atoms in total. The lowest BCUT2D eigenvalue weighted by Gasteiger charge is -2.07. The number of aromatic amines is 1. The number of halogens is 1. The van der Waals surface area contributed by atoms with Crippen molar-refractivity contribution in [3.05, 3.63) is 49.4 Å². The van der Waals surface area contributed by atoms with Gasteiger partial charge >= 0.3 is 0 Å². The number of aryl methyl sites for hydroxylation is 1. The average molecular weight is 354 g/mol. The molecule has 0 radical (unpaired) electrons. The second kappa shape index (κ2) is 5.22. The Balaban J connectivity index is 2.46. The topological polar surface area (TPSA) is 45.8 Å². The van der Waals surface area contributed by atoms with Gasteiger partial charge in [-0.15, -0.1) is 0 Å². The summed E-state index contributed by atoms with van der Waals surface area (Å²) in [7, 11) is 0. The highest BCUT2D eigenvalue weighted by atomic mass is 127. The van der Waals surface area contributed by atoms with E-state index in [1.807, 2.05) is 41.6 Å². The van der Waals surface area contributed by atoms with Crippen molar-refractivity contribution in [3.8, 4) is 11.4 Å². The Hall–Kier alpha value is -1.17. The Morgan fingerprint density at radius 1 is 1.22 bits per heavy atom. The van der Waals surface area contributed by atoms with Gasteiger partial charge in [0.1, 0.15) is 5.82 Å². The van der Waals surface area contributed by atoms with Gasteiger partial charge in [0.15, 0.2) is 0 Å². The van der Waals surface area contributed by atoms with E-state index in [0.29, 0.717) is 15.3 Å². The number of rotatable bonds is 2. The van der Waals surface area contributed by atoms with Crippen LogP contribution in [0, 0.1) is 10.5 Å². The van der Waals surface area contributed by atoms with Gasteiger partial charge in [-0.25, -0.2) is 4.98 Å². The summed E-state index contributed by atoms with van der Waals surface area (Å²) in [5, 5.41) is 0. The molecular formula is C14H15IN2O. The highest BCUT2D eigenvalue weighted by molar-refractivity contribution is 14.1. The monoisotopic (exact) mass is 354 g/mol. The lowest BCUT2D eigenvalue weighted by atomic mass is 10.0. The molecule has 1 aromatic carbocycles.